The normalized spacial score (nSPS) is 19.7. The standard InChI is InChI=1S/C12H11F3N2O4S/c13-7-1-2-8(10(15)9(7)14)17-12(19)11(18)16-6-3-4-22(20,21)5-6/h1-2,6H,3-5H2,(H,16,18)(H,17,19). The molecule has 1 unspecified atom stereocenters. The number of rotatable bonds is 2. The molecule has 1 aromatic carbocycles. The first kappa shape index (κ1) is 16.3. The molecule has 6 nitrogen and oxygen atoms in total. The highest BCUT2D eigenvalue weighted by Gasteiger charge is 2.30. The van der Waals surface area contributed by atoms with Gasteiger partial charge in [-0.3, -0.25) is 9.59 Å². The van der Waals surface area contributed by atoms with E-state index in [2.05, 4.69) is 5.32 Å². The molecule has 2 amide bonds. The van der Waals surface area contributed by atoms with Gasteiger partial charge >= 0.3 is 11.8 Å². The van der Waals surface area contributed by atoms with Crippen LogP contribution in [0.15, 0.2) is 12.1 Å². The van der Waals surface area contributed by atoms with Gasteiger partial charge in [-0.1, -0.05) is 0 Å². The number of hydrogen-bond donors (Lipinski definition) is 2. The zero-order chi connectivity index (χ0) is 16.5. The van der Waals surface area contributed by atoms with E-state index in [0.717, 1.165) is 6.07 Å². The Balaban J connectivity index is 2.01. The lowest BCUT2D eigenvalue weighted by Gasteiger charge is -2.11. The molecule has 0 radical (unpaired) electrons. The van der Waals surface area contributed by atoms with E-state index >= 15 is 0 Å². The zero-order valence-electron chi connectivity index (χ0n) is 11.0. The number of anilines is 1. The molecule has 0 bridgehead atoms. The van der Waals surface area contributed by atoms with Crippen LogP contribution < -0.4 is 10.6 Å². The molecule has 0 spiro atoms. The van der Waals surface area contributed by atoms with Crippen LogP contribution in [0, 0.1) is 17.5 Å². The molecule has 0 aliphatic carbocycles. The Kier molecular flexibility index (Phi) is 4.40. The Morgan fingerprint density at radius 1 is 1.09 bits per heavy atom. The molecular weight excluding hydrogens is 325 g/mol. The largest absolute Gasteiger partial charge is 0.344 e. The number of carbonyl (C=O) groups excluding carboxylic acids is 2. The number of halogens is 3. The molecule has 22 heavy (non-hydrogen) atoms. The average Bonchev–Trinajstić information content (AvgIpc) is 2.78. The van der Waals surface area contributed by atoms with E-state index in [1.54, 1.807) is 5.32 Å². The van der Waals surface area contributed by atoms with Gasteiger partial charge in [-0.15, -0.1) is 0 Å². The molecule has 1 aliphatic rings. The second-order valence-corrected chi connectivity index (χ2v) is 6.98. The van der Waals surface area contributed by atoms with Gasteiger partial charge in [0.15, 0.2) is 27.3 Å². The lowest BCUT2D eigenvalue weighted by atomic mass is 10.2. The Morgan fingerprint density at radius 3 is 2.36 bits per heavy atom. The van der Waals surface area contributed by atoms with Crippen LogP contribution in [-0.2, 0) is 19.4 Å². The van der Waals surface area contributed by atoms with Gasteiger partial charge in [-0.25, -0.2) is 21.6 Å². The van der Waals surface area contributed by atoms with Gasteiger partial charge in [0.1, 0.15) is 0 Å². The molecule has 2 N–H and O–H groups in total. The summed E-state index contributed by atoms with van der Waals surface area (Å²) in [6.07, 6.45) is 0.168. The molecule has 1 saturated heterocycles. The predicted octanol–water partition coefficient (Wildman–Crippen LogP) is 0.346. The first-order valence-corrected chi connectivity index (χ1v) is 7.97. The lowest BCUT2D eigenvalue weighted by molar-refractivity contribution is -0.136. The fourth-order valence-corrected chi connectivity index (χ4v) is 3.63. The Bertz CT molecular complexity index is 736. The Hall–Kier alpha value is -2.10. The average molecular weight is 336 g/mol. The molecular formula is C12H11F3N2O4S. The van der Waals surface area contributed by atoms with Crippen molar-refractivity contribution in [2.75, 3.05) is 16.8 Å². The van der Waals surface area contributed by atoms with Gasteiger partial charge in [-0.05, 0) is 18.6 Å². The summed E-state index contributed by atoms with van der Waals surface area (Å²) < 4.78 is 61.5. The molecule has 1 heterocycles. The highest BCUT2D eigenvalue weighted by atomic mass is 32.2. The Morgan fingerprint density at radius 2 is 1.77 bits per heavy atom. The first-order valence-electron chi connectivity index (χ1n) is 6.15. The van der Waals surface area contributed by atoms with E-state index in [-0.39, 0.29) is 17.9 Å². The third-order valence-electron chi connectivity index (χ3n) is 3.06. The van der Waals surface area contributed by atoms with Gasteiger partial charge in [0.25, 0.3) is 0 Å². The van der Waals surface area contributed by atoms with Crippen molar-refractivity contribution in [2.24, 2.45) is 0 Å². The van der Waals surface area contributed by atoms with E-state index in [1.807, 2.05) is 0 Å². The predicted molar refractivity (Wildman–Crippen MR) is 70.1 cm³/mol. The van der Waals surface area contributed by atoms with Crippen molar-refractivity contribution < 1.29 is 31.2 Å². The summed E-state index contributed by atoms with van der Waals surface area (Å²) >= 11 is 0. The smallest absolute Gasteiger partial charge is 0.313 e. The molecule has 0 aromatic heterocycles. The van der Waals surface area contributed by atoms with Crippen LogP contribution in [0.3, 0.4) is 0 Å². The second kappa shape index (κ2) is 5.95. The molecule has 1 aromatic rings. The first-order chi connectivity index (χ1) is 10.2. The van der Waals surface area contributed by atoms with Crippen molar-refractivity contribution in [1.29, 1.82) is 0 Å². The molecule has 0 saturated carbocycles. The second-order valence-electron chi connectivity index (χ2n) is 4.75. The topological polar surface area (TPSA) is 92.3 Å². The summed E-state index contributed by atoms with van der Waals surface area (Å²) in [5.74, 6) is -7.73. The van der Waals surface area contributed by atoms with E-state index in [0.29, 0.717) is 6.07 Å². The lowest BCUT2D eigenvalue weighted by Crippen LogP contribution is -2.42. The molecule has 1 fully saturated rings. The fourth-order valence-electron chi connectivity index (χ4n) is 1.96. The van der Waals surface area contributed by atoms with Gasteiger partial charge in [-0.2, -0.15) is 0 Å². The van der Waals surface area contributed by atoms with Gasteiger partial charge in [0, 0.05) is 6.04 Å². The maximum Gasteiger partial charge on any atom is 0.313 e. The maximum atomic E-state index is 13.4. The third kappa shape index (κ3) is 3.56. The summed E-state index contributed by atoms with van der Waals surface area (Å²) in [5, 5.41) is 3.97. The summed E-state index contributed by atoms with van der Waals surface area (Å²) in [4.78, 5) is 23.1. The van der Waals surface area contributed by atoms with Gasteiger partial charge in [0.05, 0.1) is 17.2 Å². The molecule has 120 valence electrons. The summed E-state index contributed by atoms with van der Waals surface area (Å²) in [7, 11) is -3.24. The number of carbonyl (C=O) groups is 2. The minimum atomic E-state index is -3.24. The summed E-state index contributed by atoms with van der Waals surface area (Å²) in [6, 6.07) is 0.645. The molecule has 10 heteroatoms. The molecule has 1 atom stereocenters. The number of amides is 2. The SMILES string of the molecule is O=C(Nc1ccc(F)c(F)c1F)C(=O)NC1CCS(=O)(=O)C1. The van der Waals surface area contributed by atoms with E-state index in [4.69, 9.17) is 0 Å². The van der Waals surface area contributed by atoms with Gasteiger partial charge in [0.2, 0.25) is 0 Å². The quantitative estimate of drug-likeness (QED) is 0.602. The van der Waals surface area contributed by atoms with Crippen molar-refractivity contribution in [3.8, 4) is 0 Å². The number of sulfone groups is 1. The van der Waals surface area contributed by atoms with Crippen molar-refractivity contribution in [1.82, 2.24) is 5.32 Å². The van der Waals surface area contributed by atoms with Crippen LogP contribution in [0.2, 0.25) is 0 Å². The highest BCUT2D eigenvalue weighted by molar-refractivity contribution is 7.91. The summed E-state index contributed by atoms with van der Waals surface area (Å²) in [5.41, 5.74) is -0.696. The van der Waals surface area contributed by atoms with Crippen LogP contribution in [0.5, 0.6) is 0 Å². The fraction of sp³-hybridized carbons (Fsp3) is 0.333. The van der Waals surface area contributed by atoms with Crippen LogP contribution in [0.4, 0.5) is 18.9 Å². The maximum absolute atomic E-state index is 13.4. The molecule has 2 rings (SSSR count). The van der Waals surface area contributed by atoms with Crippen molar-refractivity contribution in [3.63, 3.8) is 0 Å². The van der Waals surface area contributed by atoms with Crippen LogP contribution in [0.25, 0.3) is 0 Å². The van der Waals surface area contributed by atoms with Crippen molar-refractivity contribution >= 4 is 27.3 Å². The minimum Gasteiger partial charge on any atom is -0.344 e. The highest BCUT2D eigenvalue weighted by Crippen LogP contribution is 2.19. The van der Waals surface area contributed by atoms with E-state index in [9.17, 15) is 31.2 Å². The van der Waals surface area contributed by atoms with Crippen molar-refractivity contribution in [2.45, 2.75) is 12.5 Å². The zero-order valence-corrected chi connectivity index (χ0v) is 11.8. The van der Waals surface area contributed by atoms with Crippen LogP contribution >= 0.6 is 0 Å². The summed E-state index contributed by atoms with van der Waals surface area (Å²) in [6.45, 7) is 0. The number of hydrogen-bond acceptors (Lipinski definition) is 4. The van der Waals surface area contributed by atoms with Crippen LogP contribution in [-0.4, -0.2) is 37.8 Å². The minimum absolute atomic E-state index is 0.0998. The third-order valence-corrected chi connectivity index (χ3v) is 4.83. The van der Waals surface area contributed by atoms with Crippen molar-refractivity contribution in [3.05, 3.63) is 29.6 Å². The molecule has 1 aliphatic heterocycles. The number of nitrogens with one attached hydrogen (secondary N) is 2. The van der Waals surface area contributed by atoms with Crippen LogP contribution in [0.1, 0.15) is 6.42 Å². The Labute approximate surface area is 123 Å². The number of benzene rings is 1. The van der Waals surface area contributed by atoms with Gasteiger partial charge < -0.3 is 10.6 Å². The van der Waals surface area contributed by atoms with E-state index in [1.165, 1.54) is 0 Å². The monoisotopic (exact) mass is 336 g/mol. The van der Waals surface area contributed by atoms with E-state index < -0.39 is 50.8 Å².